The summed E-state index contributed by atoms with van der Waals surface area (Å²) in [5.41, 5.74) is 2.07. The maximum absolute atomic E-state index is 12.2. The second-order valence-electron chi connectivity index (χ2n) is 5.44. The molecule has 5 nitrogen and oxygen atoms in total. The van der Waals surface area contributed by atoms with Crippen molar-refractivity contribution in [3.63, 3.8) is 0 Å². The molecular weight excluding hydrogens is 304 g/mol. The number of hydrogen-bond donors (Lipinski definition) is 1. The van der Waals surface area contributed by atoms with Gasteiger partial charge in [0, 0.05) is 12.1 Å². The molecule has 0 aliphatic heterocycles. The summed E-state index contributed by atoms with van der Waals surface area (Å²) in [6.07, 6.45) is 5.90. The fourth-order valence-electron chi connectivity index (χ4n) is 2.38. The number of carbonyl (C=O) groups excluding carboxylic acids is 2. The summed E-state index contributed by atoms with van der Waals surface area (Å²) in [5.74, 6) is -0.634. The van der Waals surface area contributed by atoms with Crippen LogP contribution in [-0.4, -0.2) is 18.5 Å². The number of pyridine rings is 1. The molecule has 0 radical (unpaired) electrons. The van der Waals surface area contributed by atoms with E-state index in [0.717, 1.165) is 12.8 Å². The zero-order chi connectivity index (χ0) is 17.4. The van der Waals surface area contributed by atoms with Gasteiger partial charge < -0.3 is 10.1 Å². The quantitative estimate of drug-likeness (QED) is 0.628. The molecule has 0 bridgehead atoms. The number of benzene rings is 1. The predicted molar refractivity (Wildman–Crippen MR) is 91.7 cm³/mol. The molecular formula is C19H23N2O3+. The van der Waals surface area contributed by atoms with Crippen molar-refractivity contribution in [2.45, 2.75) is 33.2 Å². The normalized spacial score (nSPS) is 10.2. The summed E-state index contributed by atoms with van der Waals surface area (Å²) < 4.78 is 6.82. The number of esters is 1. The van der Waals surface area contributed by atoms with E-state index in [1.165, 1.54) is 5.56 Å². The zero-order valence-electron chi connectivity index (χ0n) is 14.1. The highest BCUT2D eigenvalue weighted by molar-refractivity contribution is 6.00. The van der Waals surface area contributed by atoms with Gasteiger partial charge in [-0.25, -0.2) is 4.79 Å². The van der Waals surface area contributed by atoms with E-state index in [1.807, 2.05) is 29.1 Å². The first kappa shape index (κ1) is 17.7. The van der Waals surface area contributed by atoms with Crippen LogP contribution in [0.1, 0.15) is 36.2 Å². The van der Waals surface area contributed by atoms with Crippen molar-refractivity contribution < 1.29 is 18.9 Å². The third-order valence-electron chi connectivity index (χ3n) is 3.52. The molecule has 5 heteroatoms. The average molecular weight is 327 g/mol. The van der Waals surface area contributed by atoms with E-state index in [2.05, 4.69) is 12.2 Å². The van der Waals surface area contributed by atoms with Crippen LogP contribution in [0.4, 0.5) is 5.69 Å². The van der Waals surface area contributed by atoms with Crippen LogP contribution >= 0.6 is 0 Å². The third-order valence-corrected chi connectivity index (χ3v) is 3.52. The third kappa shape index (κ3) is 4.91. The maximum Gasteiger partial charge on any atom is 0.340 e. The molecule has 0 aliphatic carbocycles. The first-order valence-corrected chi connectivity index (χ1v) is 8.18. The highest BCUT2D eigenvalue weighted by Gasteiger charge is 2.16. The Balaban J connectivity index is 2.03. The van der Waals surface area contributed by atoms with Gasteiger partial charge in [0.05, 0.1) is 17.9 Å². The number of nitrogens with zero attached hydrogens (tertiary/aromatic N) is 1. The lowest BCUT2D eigenvalue weighted by molar-refractivity contribution is -0.684. The molecule has 126 valence electrons. The SMILES string of the molecule is CCCc1cc[n+](CC(=O)Nc2ccccc2C(=O)OCC)cc1. The fraction of sp³-hybridized carbons (Fsp3) is 0.316. The van der Waals surface area contributed by atoms with Crippen LogP contribution in [0.2, 0.25) is 0 Å². The number of hydrogen-bond acceptors (Lipinski definition) is 3. The minimum absolute atomic E-state index is 0.184. The minimum atomic E-state index is -0.440. The number of anilines is 1. The van der Waals surface area contributed by atoms with Crippen LogP contribution in [-0.2, 0) is 22.5 Å². The number of amides is 1. The Kier molecular flexibility index (Phi) is 6.49. The Labute approximate surface area is 142 Å². The van der Waals surface area contributed by atoms with Crippen LogP contribution < -0.4 is 9.88 Å². The van der Waals surface area contributed by atoms with Crippen molar-refractivity contribution in [3.05, 3.63) is 59.9 Å². The van der Waals surface area contributed by atoms with Gasteiger partial charge >= 0.3 is 5.97 Å². The number of nitrogens with one attached hydrogen (secondary N) is 1. The number of aromatic nitrogens is 1. The molecule has 0 atom stereocenters. The molecule has 2 rings (SSSR count). The fourth-order valence-corrected chi connectivity index (χ4v) is 2.38. The van der Waals surface area contributed by atoms with E-state index in [1.54, 1.807) is 31.2 Å². The topological polar surface area (TPSA) is 59.3 Å². The van der Waals surface area contributed by atoms with Crippen LogP contribution in [0.5, 0.6) is 0 Å². The van der Waals surface area contributed by atoms with Gasteiger partial charge in [-0.05, 0) is 31.0 Å². The van der Waals surface area contributed by atoms with Gasteiger partial charge in [-0.3, -0.25) is 4.79 Å². The lowest BCUT2D eigenvalue weighted by Gasteiger charge is -2.09. The zero-order valence-corrected chi connectivity index (χ0v) is 14.1. The van der Waals surface area contributed by atoms with Gasteiger partial charge in [-0.15, -0.1) is 0 Å². The van der Waals surface area contributed by atoms with E-state index >= 15 is 0 Å². The Morgan fingerprint density at radius 1 is 1.08 bits per heavy atom. The van der Waals surface area contributed by atoms with Gasteiger partial charge in [-0.1, -0.05) is 25.5 Å². The van der Waals surface area contributed by atoms with Gasteiger partial charge in [0.1, 0.15) is 0 Å². The summed E-state index contributed by atoms with van der Waals surface area (Å²) in [4.78, 5) is 24.2. The summed E-state index contributed by atoms with van der Waals surface area (Å²) in [5, 5.41) is 2.78. The Hall–Kier alpha value is -2.69. The van der Waals surface area contributed by atoms with Crippen LogP contribution in [0, 0.1) is 0 Å². The molecule has 0 saturated heterocycles. The standard InChI is InChI=1S/C19H22N2O3/c1-3-7-15-10-12-21(13-11-15)14-18(22)20-17-9-6-5-8-16(17)19(23)24-4-2/h5-6,8-13H,3-4,7,14H2,1-2H3/p+1. The highest BCUT2D eigenvalue weighted by Crippen LogP contribution is 2.16. The van der Waals surface area contributed by atoms with E-state index in [-0.39, 0.29) is 12.5 Å². The van der Waals surface area contributed by atoms with Gasteiger partial charge in [0.15, 0.2) is 12.4 Å². The molecule has 0 unspecified atom stereocenters. The largest absolute Gasteiger partial charge is 0.462 e. The number of ether oxygens (including phenoxy) is 1. The first-order valence-electron chi connectivity index (χ1n) is 8.18. The molecule has 0 spiro atoms. The Morgan fingerprint density at radius 2 is 1.79 bits per heavy atom. The van der Waals surface area contributed by atoms with Crippen molar-refractivity contribution in [3.8, 4) is 0 Å². The minimum Gasteiger partial charge on any atom is -0.462 e. The second-order valence-corrected chi connectivity index (χ2v) is 5.44. The second kappa shape index (κ2) is 8.82. The molecule has 0 fully saturated rings. The number of carbonyl (C=O) groups is 2. The van der Waals surface area contributed by atoms with Gasteiger partial charge in [0.25, 0.3) is 5.91 Å². The summed E-state index contributed by atoms with van der Waals surface area (Å²) in [7, 11) is 0. The van der Waals surface area contributed by atoms with Crippen molar-refractivity contribution >= 4 is 17.6 Å². The molecule has 2 aromatic rings. The first-order chi connectivity index (χ1) is 11.6. The molecule has 1 N–H and O–H groups in total. The van der Waals surface area contributed by atoms with Crippen molar-refractivity contribution in [1.82, 2.24) is 0 Å². The molecule has 0 saturated carbocycles. The monoisotopic (exact) mass is 327 g/mol. The average Bonchev–Trinajstić information content (AvgIpc) is 2.57. The molecule has 24 heavy (non-hydrogen) atoms. The van der Waals surface area contributed by atoms with E-state index in [0.29, 0.717) is 17.9 Å². The summed E-state index contributed by atoms with van der Waals surface area (Å²) in [6.45, 7) is 4.36. The van der Waals surface area contributed by atoms with Gasteiger partial charge in [0.2, 0.25) is 6.54 Å². The molecule has 1 aromatic carbocycles. The van der Waals surface area contributed by atoms with Crippen LogP contribution in [0.3, 0.4) is 0 Å². The maximum atomic E-state index is 12.2. The number of aryl methyl sites for hydroxylation is 1. The molecule has 1 heterocycles. The van der Waals surface area contributed by atoms with Crippen molar-refractivity contribution in [1.29, 1.82) is 0 Å². The van der Waals surface area contributed by atoms with Crippen molar-refractivity contribution in [2.24, 2.45) is 0 Å². The lowest BCUT2D eigenvalue weighted by Crippen LogP contribution is -2.39. The molecule has 1 aromatic heterocycles. The number of rotatable bonds is 7. The van der Waals surface area contributed by atoms with E-state index in [4.69, 9.17) is 4.74 Å². The van der Waals surface area contributed by atoms with Crippen molar-refractivity contribution in [2.75, 3.05) is 11.9 Å². The van der Waals surface area contributed by atoms with Gasteiger partial charge in [-0.2, -0.15) is 4.57 Å². The molecule has 1 amide bonds. The lowest BCUT2D eigenvalue weighted by atomic mass is 10.1. The Bertz CT molecular complexity index is 696. The van der Waals surface area contributed by atoms with E-state index < -0.39 is 5.97 Å². The Morgan fingerprint density at radius 3 is 2.46 bits per heavy atom. The highest BCUT2D eigenvalue weighted by atomic mass is 16.5. The summed E-state index contributed by atoms with van der Waals surface area (Å²) in [6, 6.07) is 10.9. The smallest absolute Gasteiger partial charge is 0.340 e. The number of para-hydroxylation sites is 1. The molecule has 0 aliphatic rings. The van der Waals surface area contributed by atoms with E-state index in [9.17, 15) is 9.59 Å². The summed E-state index contributed by atoms with van der Waals surface area (Å²) >= 11 is 0. The predicted octanol–water partition coefficient (Wildman–Crippen LogP) is 2.74. The van der Waals surface area contributed by atoms with Crippen LogP contribution in [0.15, 0.2) is 48.8 Å². The van der Waals surface area contributed by atoms with Crippen LogP contribution in [0.25, 0.3) is 0 Å².